The van der Waals surface area contributed by atoms with E-state index in [1.165, 1.54) is 5.56 Å². The zero-order chi connectivity index (χ0) is 12.5. The molecule has 3 rings (SSSR count). The van der Waals surface area contributed by atoms with Crippen LogP contribution < -0.4 is 4.74 Å². The molecule has 0 saturated heterocycles. The number of hydrogen-bond donors (Lipinski definition) is 0. The highest BCUT2D eigenvalue weighted by Crippen LogP contribution is 2.35. The maximum Gasteiger partial charge on any atom is 0.174 e. The zero-order valence-corrected chi connectivity index (χ0v) is 10.7. The molecule has 0 N–H and O–H groups in total. The van der Waals surface area contributed by atoms with E-state index in [-0.39, 0.29) is 6.10 Å². The largest absolute Gasteiger partial charge is 0.482 e. The number of aromatic nitrogens is 3. The molecule has 1 unspecified atom stereocenters. The summed E-state index contributed by atoms with van der Waals surface area (Å²) < 4.78 is 8.05. The van der Waals surface area contributed by atoms with E-state index in [2.05, 4.69) is 34.7 Å². The minimum Gasteiger partial charge on any atom is -0.482 e. The molecule has 0 bridgehead atoms. The van der Waals surface area contributed by atoms with Gasteiger partial charge in [-0.05, 0) is 17.5 Å². The van der Waals surface area contributed by atoms with Gasteiger partial charge in [0.25, 0.3) is 0 Å². The van der Waals surface area contributed by atoms with E-state index in [9.17, 15) is 0 Å². The molecule has 18 heavy (non-hydrogen) atoms. The van der Waals surface area contributed by atoms with Crippen molar-refractivity contribution in [3.05, 3.63) is 42.0 Å². The van der Waals surface area contributed by atoms with Crippen LogP contribution in [0.5, 0.6) is 5.75 Å². The first-order valence-corrected chi connectivity index (χ1v) is 6.36. The van der Waals surface area contributed by atoms with Gasteiger partial charge in [0.2, 0.25) is 0 Å². The first-order valence-electron chi connectivity index (χ1n) is 6.36. The molecular weight excluding hydrogens is 226 g/mol. The molecule has 2 aromatic rings. The Labute approximate surface area is 107 Å². The average molecular weight is 243 g/mol. The SMILES string of the molecule is CC(C)Cn1cnnc1C1Cc2ccccc2O1. The Morgan fingerprint density at radius 2 is 2.22 bits per heavy atom. The lowest BCUT2D eigenvalue weighted by molar-refractivity contribution is 0.219. The van der Waals surface area contributed by atoms with Gasteiger partial charge >= 0.3 is 0 Å². The average Bonchev–Trinajstić information content (AvgIpc) is 2.93. The van der Waals surface area contributed by atoms with Crippen molar-refractivity contribution in [2.24, 2.45) is 5.92 Å². The van der Waals surface area contributed by atoms with E-state index < -0.39 is 0 Å². The maximum atomic E-state index is 5.95. The number of rotatable bonds is 3. The Bertz CT molecular complexity index is 522. The van der Waals surface area contributed by atoms with Crippen LogP contribution in [0.2, 0.25) is 0 Å². The number of nitrogens with zero attached hydrogens (tertiary/aromatic N) is 3. The van der Waals surface area contributed by atoms with Crippen molar-refractivity contribution < 1.29 is 4.74 Å². The van der Waals surface area contributed by atoms with Gasteiger partial charge < -0.3 is 9.30 Å². The summed E-state index contributed by atoms with van der Waals surface area (Å²) in [4.78, 5) is 0. The van der Waals surface area contributed by atoms with E-state index in [1.807, 2.05) is 18.2 Å². The fourth-order valence-corrected chi connectivity index (χ4v) is 2.37. The molecule has 0 spiro atoms. The van der Waals surface area contributed by atoms with Gasteiger partial charge in [-0.15, -0.1) is 10.2 Å². The molecule has 1 aliphatic rings. The van der Waals surface area contributed by atoms with E-state index in [4.69, 9.17) is 4.74 Å². The fourth-order valence-electron chi connectivity index (χ4n) is 2.37. The highest BCUT2D eigenvalue weighted by Gasteiger charge is 2.28. The van der Waals surface area contributed by atoms with Crippen LogP contribution in [0.25, 0.3) is 0 Å². The van der Waals surface area contributed by atoms with Gasteiger partial charge in [-0.2, -0.15) is 0 Å². The molecule has 2 heterocycles. The van der Waals surface area contributed by atoms with Crippen LogP contribution >= 0.6 is 0 Å². The van der Waals surface area contributed by atoms with Gasteiger partial charge in [-0.1, -0.05) is 32.0 Å². The van der Waals surface area contributed by atoms with Crippen molar-refractivity contribution in [3.63, 3.8) is 0 Å². The molecule has 4 nitrogen and oxygen atoms in total. The zero-order valence-electron chi connectivity index (χ0n) is 10.7. The Morgan fingerprint density at radius 3 is 3.00 bits per heavy atom. The lowest BCUT2D eigenvalue weighted by Gasteiger charge is -2.13. The van der Waals surface area contributed by atoms with Crippen molar-refractivity contribution in [1.82, 2.24) is 14.8 Å². The Morgan fingerprint density at radius 1 is 1.39 bits per heavy atom. The first kappa shape index (κ1) is 11.3. The normalized spacial score (nSPS) is 17.8. The molecule has 0 aliphatic carbocycles. The third-order valence-corrected chi connectivity index (χ3v) is 3.14. The Hall–Kier alpha value is -1.84. The maximum absolute atomic E-state index is 5.95. The van der Waals surface area contributed by atoms with Gasteiger partial charge in [0, 0.05) is 13.0 Å². The van der Waals surface area contributed by atoms with Crippen LogP contribution in [0.4, 0.5) is 0 Å². The molecule has 1 aromatic carbocycles. The van der Waals surface area contributed by atoms with Gasteiger partial charge in [0.1, 0.15) is 12.1 Å². The third-order valence-electron chi connectivity index (χ3n) is 3.14. The quantitative estimate of drug-likeness (QED) is 0.832. The minimum atomic E-state index is 0.00338. The number of ether oxygens (including phenoxy) is 1. The summed E-state index contributed by atoms with van der Waals surface area (Å²) >= 11 is 0. The molecule has 0 saturated carbocycles. The van der Waals surface area contributed by atoms with Crippen molar-refractivity contribution in [2.75, 3.05) is 0 Å². The summed E-state index contributed by atoms with van der Waals surface area (Å²) in [6, 6.07) is 8.17. The monoisotopic (exact) mass is 243 g/mol. The van der Waals surface area contributed by atoms with E-state index in [1.54, 1.807) is 6.33 Å². The molecule has 1 atom stereocenters. The van der Waals surface area contributed by atoms with Crippen LogP contribution in [0.1, 0.15) is 31.3 Å². The summed E-state index contributed by atoms with van der Waals surface area (Å²) in [5.74, 6) is 2.48. The third kappa shape index (κ3) is 1.98. The molecular formula is C14H17N3O. The highest BCUT2D eigenvalue weighted by molar-refractivity contribution is 5.38. The number of hydrogen-bond acceptors (Lipinski definition) is 3. The molecule has 0 fully saturated rings. The summed E-state index contributed by atoms with van der Waals surface area (Å²) in [5, 5.41) is 8.24. The van der Waals surface area contributed by atoms with Gasteiger partial charge in [-0.3, -0.25) is 0 Å². The first-order chi connectivity index (χ1) is 8.74. The fraction of sp³-hybridized carbons (Fsp3) is 0.429. The van der Waals surface area contributed by atoms with Crippen molar-refractivity contribution in [1.29, 1.82) is 0 Å². The number of benzene rings is 1. The Balaban J connectivity index is 1.84. The standard InChI is InChI=1S/C14H17N3O/c1-10(2)8-17-9-15-16-14(17)13-7-11-5-3-4-6-12(11)18-13/h3-6,9-10,13H,7-8H2,1-2H3. The van der Waals surface area contributed by atoms with Gasteiger partial charge in [-0.25, -0.2) is 0 Å². The lowest BCUT2D eigenvalue weighted by atomic mass is 10.1. The van der Waals surface area contributed by atoms with Crippen LogP contribution in [0.15, 0.2) is 30.6 Å². The second kappa shape index (κ2) is 4.44. The van der Waals surface area contributed by atoms with Gasteiger partial charge in [0.15, 0.2) is 11.9 Å². The van der Waals surface area contributed by atoms with Crippen LogP contribution in [-0.2, 0) is 13.0 Å². The summed E-state index contributed by atoms with van der Waals surface area (Å²) in [7, 11) is 0. The van der Waals surface area contributed by atoms with Crippen LogP contribution in [0, 0.1) is 5.92 Å². The molecule has 0 radical (unpaired) electrons. The Kier molecular flexibility index (Phi) is 2.78. The molecule has 94 valence electrons. The lowest BCUT2D eigenvalue weighted by Crippen LogP contribution is -2.14. The van der Waals surface area contributed by atoms with Gasteiger partial charge in [0.05, 0.1) is 0 Å². The predicted molar refractivity (Wildman–Crippen MR) is 68.4 cm³/mol. The van der Waals surface area contributed by atoms with E-state index >= 15 is 0 Å². The second-order valence-corrected chi connectivity index (χ2v) is 5.15. The summed E-state index contributed by atoms with van der Waals surface area (Å²) in [6.07, 6.45) is 2.68. The molecule has 4 heteroatoms. The van der Waals surface area contributed by atoms with Crippen molar-refractivity contribution >= 4 is 0 Å². The van der Waals surface area contributed by atoms with E-state index in [0.717, 1.165) is 24.5 Å². The molecule has 1 aliphatic heterocycles. The molecule has 1 aromatic heterocycles. The van der Waals surface area contributed by atoms with E-state index in [0.29, 0.717) is 5.92 Å². The highest BCUT2D eigenvalue weighted by atomic mass is 16.5. The number of fused-ring (bicyclic) bond motifs is 1. The van der Waals surface area contributed by atoms with Crippen molar-refractivity contribution in [3.8, 4) is 5.75 Å². The minimum absolute atomic E-state index is 0.00338. The summed E-state index contributed by atoms with van der Waals surface area (Å²) in [5.41, 5.74) is 1.25. The predicted octanol–water partition coefficient (Wildman–Crippen LogP) is 2.61. The number of para-hydroxylation sites is 1. The van der Waals surface area contributed by atoms with Crippen LogP contribution in [0.3, 0.4) is 0 Å². The molecule has 0 amide bonds. The van der Waals surface area contributed by atoms with Crippen molar-refractivity contribution in [2.45, 2.75) is 32.9 Å². The summed E-state index contributed by atoms with van der Waals surface area (Å²) in [6.45, 7) is 5.31. The second-order valence-electron chi connectivity index (χ2n) is 5.15. The topological polar surface area (TPSA) is 39.9 Å². The smallest absolute Gasteiger partial charge is 0.174 e. The van der Waals surface area contributed by atoms with Crippen LogP contribution in [-0.4, -0.2) is 14.8 Å².